The van der Waals surface area contributed by atoms with Crippen molar-refractivity contribution in [1.82, 2.24) is 10.2 Å². The number of hydrogen-bond donors (Lipinski definition) is 1. The molecule has 3 nitrogen and oxygen atoms in total. The maximum absolute atomic E-state index is 12.3. The first-order valence-corrected chi connectivity index (χ1v) is 6.32. The molecule has 0 saturated carbocycles. The van der Waals surface area contributed by atoms with Gasteiger partial charge in [-0.25, -0.2) is 0 Å². The average Bonchev–Trinajstić information content (AvgIpc) is 2.32. The van der Waals surface area contributed by atoms with E-state index in [0.29, 0.717) is 15.6 Å². The van der Waals surface area contributed by atoms with Crippen LogP contribution in [-0.2, 0) is 0 Å². The molecule has 0 bridgehead atoms. The Morgan fingerprint density at radius 3 is 2.82 bits per heavy atom. The van der Waals surface area contributed by atoms with Crippen LogP contribution in [0.5, 0.6) is 0 Å². The van der Waals surface area contributed by atoms with Gasteiger partial charge in [-0.15, -0.1) is 0 Å². The van der Waals surface area contributed by atoms with Crippen LogP contribution in [0.1, 0.15) is 17.3 Å². The Morgan fingerprint density at radius 2 is 2.18 bits per heavy atom. The first kappa shape index (κ1) is 12.7. The van der Waals surface area contributed by atoms with Crippen molar-refractivity contribution in [3.63, 3.8) is 0 Å². The first-order chi connectivity index (χ1) is 8.09. The van der Waals surface area contributed by atoms with Gasteiger partial charge >= 0.3 is 0 Å². The summed E-state index contributed by atoms with van der Waals surface area (Å²) >= 11 is 11.8. The van der Waals surface area contributed by atoms with Gasteiger partial charge in [0.15, 0.2) is 0 Å². The topological polar surface area (TPSA) is 32.3 Å². The van der Waals surface area contributed by atoms with E-state index in [2.05, 4.69) is 5.32 Å². The SMILES string of the molecule is C[C@H]1CNCCN1C(=O)c1ccc(Cl)c(Cl)c1. The first-order valence-electron chi connectivity index (χ1n) is 5.56. The summed E-state index contributed by atoms with van der Waals surface area (Å²) in [5, 5.41) is 4.14. The lowest BCUT2D eigenvalue weighted by molar-refractivity contribution is 0.0656. The lowest BCUT2D eigenvalue weighted by Gasteiger charge is -2.34. The number of rotatable bonds is 1. The molecule has 1 aliphatic heterocycles. The van der Waals surface area contributed by atoms with Crippen LogP contribution in [0.3, 0.4) is 0 Å². The van der Waals surface area contributed by atoms with Crippen molar-refractivity contribution >= 4 is 29.1 Å². The predicted octanol–water partition coefficient (Wildman–Crippen LogP) is 2.43. The Balaban J connectivity index is 2.21. The van der Waals surface area contributed by atoms with Crippen molar-refractivity contribution in [2.24, 2.45) is 0 Å². The van der Waals surface area contributed by atoms with E-state index >= 15 is 0 Å². The monoisotopic (exact) mass is 272 g/mol. The van der Waals surface area contributed by atoms with E-state index in [9.17, 15) is 4.79 Å². The number of benzene rings is 1. The molecule has 17 heavy (non-hydrogen) atoms. The second-order valence-electron chi connectivity index (χ2n) is 4.18. The quantitative estimate of drug-likeness (QED) is 0.852. The molecule has 92 valence electrons. The molecule has 1 atom stereocenters. The average molecular weight is 273 g/mol. The molecule has 1 N–H and O–H groups in total. The molecule has 0 aromatic heterocycles. The molecular formula is C12H14Cl2N2O. The molecule has 2 rings (SSSR count). The van der Waals surface area contributed by atoms with E-state index in [0.717, 1.165) is 19.6 Å². The van der Waals surface area contributed by atoms with Gasteiger partial charge < -0.3 is 10.2 Å². The zero-order valence-corrected chi connectivity index (χ0v) is 11.1. The number of amides is 1. The van der Waals surface area contributed by atoms with Crippen LogP contribution >= 0.6 is 23.2 Å². The van der Waals surface area contributed by atoms with Crippen LogP contribution in [0, 0.1) is 0 Å². The van der Waals surface area contributed by atoms with Crippen LogP contribution in [-0.4, -0.2) is 36.5 Å². The largest absolute Gasteiger partial charge is 0.333 e. The summed E-state index contributed by atoms with van der Waals surface area (Å²) in [6, 6.07) is 5.20. The predicted molar refractivity (Wildman–Crippen MR) is 69.8 cm³/mol. The molecule has 0 aliphatic carbocycles. The van der Waals surface area contributed by atoms with Crippen molar-refractivity contribution < 1.29 is 4.79 Å². The van der Waals surface area contributed by atoms with Gasteiger partial charge in [0, 0.05) is 31.2 Å². The van der Waals surface area contributed by atoms with E-state index in [1.54, 1.807) is 18.2 Å². The summed E-state index contributed by atoms with van der Waals surface area (Å²) in [4.78, 5) is 14.1. The fourth-order valence-electron chi connectivity index (χ4n) is 1.94. The third-order valence-corrected chi connectivity index (χ3v) is 3.67. The highest BCUT2D eigenvalue weighted by atomic mass is 35.5. The maximum Gasteiger partial charge on any atom is 0.254 e. The van der Waals surface area contributed by atoms with Crippen molar-refractivity contribution in [3.05, 3.63) is 33.8 Å². The lowest BCUT2D eigenvalue weighted by atomic mass is 10.1. The minimum absolute atomic E-state index is 0.0116. The standard InChI is InChI=1S/C12H14Cl2N2O/c1-8-7-15-4-5-16(8)12(17)9-2-3-10(13)11(14)6-9/h2-3,6,8,15H,4-5,7H2,1H3/t8-/m0/s1. The number of piperazine rings is 1. The van der Waals surface area contributed by atoms with Gasteiger partial charge in [0.25, 0.3) is 5.91 Å². The number of nitrogens with one attached hydrogen (secondary N) is 1. The molecule has 0 radical (unpaired) electrons. The molecule has 0 spiro atoms. The van der Waals surface area contributed by atoms with Crippen molar-refractivity contribution in [3.8, 4) is 0 Å². The van der Waals surface area contributed by atoms with E-state index < -0.39 is 0 Å². The lowest BCUT2D eigenvalue weighted by Crippen LogP contribution is -2.52. The highest BCUT2D eigenvalue weighted by Crippen LogP contribution is 2.23. The van der Waals surface area contributed by atoms with Gasteiger partial charge in [-0.3, -0.25) is 4.79 Å². The number of hydrogen-bond acceptors (Lipinski definition) is 2. The molecule has 1 fully saturated rings. The molecule has 1 aromatic carbocycles. The Bertz CT molecular complexity index is 437. The summed E-state index contributed by atoms with van der Waals surface area (Å²) in [6.07, 6.45) is 0. The maximum atomic E-state index is 12.3. The van der Waals surface area contributed by atoms with Gasteiger partial charge in [0.05, 0.1) is 10.0 Å². The Labute approximate surface area is 111 Å². The van der Waals surface area contributed by atoms with Crippen molar-refractivity contribution in [2.75, 3.05) is 19.6 Å². The second kappa shape index (κ2) is 5.25. The highest BCUT2D eigenvalue weighted by Gasteiger charge is 2.24. The van der Waals surface area contributed by atoms with Crippen molar-refractivity contribution in [2.45, 2.75) is 13.0 Å². The van der Waals surface area contributed by atoms with Crippen molar-refractivity contribution in [1.29, 1.82) is 0 Å². The number of carbonyl (C=O) groups excluding carboxylic acids is 1. The fourth-order valence-corrected chi connectivity index (χ4v) is 2.24. The molecule has 5 heteroatoms. The molecule has 1 aliphatic rings. The minimum Gasteiger partial charge on any atom is -0.333 e. The molecule has 1 aromatic rings. The third-order valence-electron chi connectivity index (χ3n) is 2.93. The van der Waals surface area contributed by atoms with Gasteiger partial charge in [0.2, 0.25) is 0 Å². The summed E-state index contributed by atoms with van der Waals surface area (Å²) in [5.41, 5.74) is 0.591. The molecule has 0 unspecified atom stereocenters. The highest BCUT2D eigenvalue weighted by molar-refractivity contribution is 6.42. The Kier molecular flexibility index (Phi) is 3.92. The number of halogens is 2. The number of nitrogens with zero attached hydrogens (tertiary/aromatic N) is 1. The summed E-state index contributed by atoms with van der Waals surface area (Å²) in [6.45, 7) is 4.41. The Hall–Kier alpha value is -0.770. The zero-order chi connectivity index (χ0) is 12.4. The van der Waals surface area contributed by atoms with Crippen LogP contribution < -0.4 is 5.32 Å². The van der Waals surface area contributed by atoms with Crippen LogP contribution in [0.15, 0.2) is 18.2 Å². The molecule has 1 amide bonds. The molecule has 1 saturated heterocycles. The summed E-state index contributed by atoms with van der Waals surface area (Å²) in [7, 11) is 0. The van der Waals surface area contributed by atoms with Crippen LogP contribution in [0.25, 0.3) is 0 Å². The summed E-state index contributed by atoms with van der Waals surface area (Å²) < 4.78 is 0. The fraction of sp³-hybridized carbons (Fsp3) is 0.417. The number of carbonyl (C=O) groups is 1. The van der Waals surface area contributed by atoms with E-state index in [1.807, 2.05) is 11.8 Å². The van der Waals surface area contributed by atoms with Gasteiger partial charge in [-0.05, 0) is 25.1 Å². The molecule has 1 heterocycles. The minimum atomic E-state index is 0.0116. The van der Waals surface area contributed by atoms with Gasteiger partial charge in [-0.1, -0.05) is 23.2 Å². The second-order valence-corrected chi connectivity index (χ2v) is 4.99. The third kappa shape index (κ3) is 2.73. The van der Waals surface area contributed by atoms with Crippen LogP contribution in [0.4, 0.5) is 0 Å². The summed E-state index contributed by atoms with van der Waals surface area (Å²) in [5.74, 6) is 0.0116. The Morgan fingerprint density at radius 1 is 1.41 bits per heavy atom. The van der Waals surface area contributed by atoms with E-state index in [1.165, 1.54) is 0 Å². The van der Waals surface area contributed by atoms with E-state index in [4.69, 9.17) is 23.2 Å². The van der Waals surface area contributed by atoms with Gasteiger partial charge in [0.1, 0.15) is 0 Å². The van der Waals surface area contributed by atoms with E-state index in [-0.39, 0.29) is 11.9 Å². The molecular weight excluding hydrogens is 259 g/mol. The zero-order valence-electron chi connectivity index (χ0n) is 9.54. The smallest absolute Gasteiger partial charge is 0.254 e. The normalized spacial score (nSPS) is 20.4. The van der Waals surface area contributed by atoms with Gasteiger partial charge in [-0.2, -0.15) is 0 Å². The van der Waals surface area contributed by atoms with Crippen LogP contribution in [0.2, 0.25) is 10.0 Å².